The van der Waals surface area contributed by atoms with Crippen LogP contribution < -0.4 is 19.7 Å². The molecule has 45 heavy (non-hydrogen) atoms. The van der Waals surface area contributed by atoms with E-state index in [0.29, 0.717) is 36.5 Å². The van der Waals surface area contributed by atoms with E-state index in [-0.39, 0.29) is 24.7 Å². The van der Waals surface area contributed by atoms with E-state index in [1.165, 1.54) is 10.8 Å². The molecule has 4 aromatic heterocycles. The normalized spacial score (nSPS) is 18.7. The number of hydrogen-bond donors (Lipinski definition) is 1. The predicted molar refractivity (Wildman–Crippen MR) is 166 cm³/mol. The van der Waals surface area contributed by atoms with E-state index >= 15 is 0 Å². The molecule has 0 unspecified atom stereocenters. The molecule has 0 amide bonds. The maximum atomic E-state index is 11.2. The summed E-state index contributed by atoms with van der Waals surface area (Å²) in [4.78, 5) is 37.4. The maximum absolute atomic E-state index is 11.2. The van der Waals surface area contributed by atoms with Crippen molar-refractivity contribution in [2.24, 2.45) is 7.05 Å². The molecule has 238 valence electrons. The molecule has 0 radical (unpaired) electrons. The molecule has 0 spiro atoms. The first-order valence-corrected chi connectivity index (χ1v) is 15.1. The minimum atomic E-state index is -0.524. The molecular weight excluding hydrogens is 580 g/mol. The van der Waals surface area contributed by atoms with Crippen LogP contribution in [-0.2, 0) is 24.9 Å². The molecule has 1 aliphatic carbocycles. The minimum absolute atomic E-state index is 0.0124. The zero-order valence-corrected chi connectivity index (χ0v) is 25.8. The Hall–Kier alpha value is -4.63. The van der Waals surface area contributed by atoms with Crippen molar-refractivity contribution in [1.82, 2.24) is 34.4 Å². The van der Waals surface area contributed by atoms with Crippen molar-refractivity contribution in [3.8, 4) is 11.6 Å². The van der Waals surface area contributed by atoms with Crippen molar-refractivity contribution in [2.45, 2.75) is 51.0 Å². The second-order valence-electron chi connectivity index (χ2n) is 11.7. The molecule has 0 bridgehead atoms. The molecule has 1 saturated carbocycles. The molecule has 0 atom stereocenters. The van der Waals surface area contributed by atoms with Crippen LogP contribution in [0.15, 0.2) is 36.9 Å². The number of ether oxygens (including phenoxy) is 3. The lowest BCUT2D eigenvalue weighted by Crippen LogP contribution is -2.37. The Labute approximate surface area is 260 Å². The highest BCUT2D eigenvalue weighted by Gasteiger charge is 2.25. The Kier molecular flexibility index (Phi) is 9.16. The number of imidazole rings is 1. The van der Waals surface area contributed by atoms with Crippen LogP contribution in [0.2, 0.25) is 0 Å². The van der Waals surface area contributed by atoms with Gasteiger partial charge in [0.1, 0.15) is 30.5 Å². The Morgan fingerprint density at radius 1 is 1.04 bits per heavy atom. The Bertz CT molecular complexity index is 1620. The number of nitrogens with zero attached hydrogens (tertiary/aromatic N) is 9. The molecule has 15 heteroatoms. The summed E-state index contributed by atoms with van der Waals surface area (Å²) in [6.07, 6.45) is 10.3. The van der Waals surface area contributed by atoms with E-state index in [1.807, 2.05) is 38.6 Å². The Balaban J connectivity index is 1.16. The molecule has 0 aromatic carbocycles. The molecule has 15 nitrogen and oxygen atoms in total. The third kappa shape index (κ3) is 7.37. The number of hydrogen-bond acceptors (Lipinski definition) is 13. The van der Waals surface area contributed by atoms with Crippen LogP contribution >= 0.6 is 0 Å². The fraction of sp³-hybridized carbons (Fsp3) is 0.500. The SMILES string of the molecule is CN(C)Cc1cnc(NC2CCC(Oc3nc(N4CCOCC4)cc4ncc(OCc5cnc([N+](=O)[O-])n5C)cc34)CC2)nc1. The molecule has 1 aliphatic heterocycles. The van der Waals surface area contributed by atoms with E-state index in [1.54, 1.807) is 13.2 Å². The van der Waals surface area contributed by atoms with Crippen molar-refractivity contribution in [1.29, 1.82) is 0 Å². The first-order chi connectivity index (χ1) is 21.8. The highest BCUT2D eigenvalue weighted by molar-refractivity contribution is 5.87. The van der Waals surface area contributed by atoms with E-state index in [0.717, 1.165) is 67.6 Å². The van der Waals surface area contributed by atoms with Gasteiger partial charge in [-0.05, 0) is 50.8 Å². The van der Waals surface area contributed by atoms with Gasteiger partial charge in [0.15, 0.2) is 5.69 Å². The summed E-state index contributed by atoms with van der Waals surface area (Å²) in [5, 5.41) is 15.4. The number of rotatable bonds is 11. The van der Waals surface area contributed by atoms with Crippen molar-refractivity contribution in [3.63, 3.8) is 0 Å². The number of morpholine rings is 1. The van der Waals surface area contributed by atoms with E-state index in [9.17, 15) is 10.1 Å². The number of anilines is 2. The van der Waals surface area contributed by atoms with Gasteiger partial charge in [-0.25, -0.2) is 14.5 Å². The Morgan fingerprint density at radius 2 is 1.80 bits per heavy atom. The van der Waals surface area contributed by atoms with Crippen LogP contribution in [0.5, 0.6) is 11.6 Å². The van der Waals surface area contributed by atoms with Gasteiger partial charge < -0.3 is 39.4 Å². The van der Waals surface area contributed by atoms with Crippen LogP contribution in [0.25, 0.3) is 10.9 Å². The fourth-order valence-electron chi connectivity index (χ4n) is 5.62. The maximum Gasteiger partial charge on any atom is 0.434 e. The Morgan fingerprint density at radius 3 is 2.49 bits per heavy atom. The summed E-state index contributed by atoms with van der Waals surface area (Å²) in [6.45, 7) is 3.66. The molecular formula is C30H38N10O5. The van der Waals surface area contributed by atoms with Gasteiger partial charge in [-0.2, -0.15) is 4.98 Å². The zero-order valence-electron chi connectivity index (χ0n) is 25.8. The second-order valence-corrected chi connectivity index (χ2v) is 11.7. The molecule has 2 aliphatic rings. The summed E-state index contributed by atoms with van der Waals surface area (Å²) in [5.74, 6) is 2.22. The summed E-state index contributed by atoms with van der Waals surface area (Å²) in [7, 11) is 5.63. The monoisotopic (exact) mass is 618 g/mol. The molecule has 1 saturated heterocycles. The van der Waals surface area contributed by atoms with Crippen LogP contribution in [-0.4, -0.2) is 91.9 Å². The molecule has 2 fully saturated rings. The number of nitrogens with one attached hydrogen (secondary N) is 1. The minimum Gasteiger partial charge on any atom is -0.484 e. The summed E-state index contributed by atoms with van der Waals surface area (Å²) in [6, 6.07) is 4.09. The zero-order chi connectivity index (χ0) is 31.3. The van der Waals surface area contributed by atoms with Gasteiger partial charge in [-0.3, -0.25) is 4.98 Å². The van der Waals surface area contributed by atoms with Crippen LogP contribution in [0.1, 0.15) is 36.9 Å². The lowest BCUT2D eigenvalue weighted by Gasteiger charge is -2.31. The van der Waals surface area contributed by atoms with Crippen LogP contribution in [0.4, 0.5) is 17.7 Å². The quantitative estimate of drug-likeness (QED) is 0.193. The number of nitro groups is 1. The number of aromatic nitrogens is 6. The van der Waals surface area contributed by atoms with Gasteiger partial charge in [-0.1, -0.05) is 4.98 Å². The summed E-state index contributed by atoms with van der Waals surface area (Å²) in [5.41, 5.74) is 2.39. The average molecular weight is 619 g/mol. The smallest absolute Gasteiger partial charge is 0.434 e. The highest BCUT2D eigenvalue weighted by Crippen LogP contribution is 2.33. The first-order valence-electron chi connectivity index (χ1n) is 15.1. The van der Waals surface area contributed by atoms with Gasteiger partial charge in [0, 0.05) is 49.7 Å². The average Bonchev–Trinajstić information content (AvgIpc) is 3.42. The number of pyridine rings is 2. The van der Waals surface area contributed by atoms with E-state index in [2.05, 4.69) is 35.1 Å². The second kappa shape index (κ2) is 13.6. The molecule has 4 aromatic rings. The topological polar surface area (TPSA) is 159 Å². The van der Waals surface area contributed by atoms with Gasteiger partial charge in [0.05, 0.1) is 37.4 Å². The van der Waals surface area contributed by atoms with Crippen molar-refractivity contribution < 1.29 is 19.1 Å². The van der Waals surface area contributed by atoms with Crippen molar-refractivity contribution in [2.75, 3.05) is 50.6 Å². The molecule has 1 N–H and O–H groups in total. The van der Waals surface area contributed by atoms with Gasteiger partial charge in [0.2, 0.25) is 11.8 Å². The van der Waals surface area contributed by atoms with E-state index in [4.69, 9.17) is 19.2 Å². The van der Waals surface area contributed by atoms with Gasteiger partial charge in [0.25, 0.3) is 0 Å². The third-order valence-corrected chi connectivity index (χ3v) is 8.04. The highest BCUT2D eigenvalue weighted by atomic mass is 16.6. The van der Waals surface area contributed by atoms with Crippen LogP contribution in [0.3, 0.4) is 0 Å². The van der Waals surface area contributed by atoms with Crippen molar-refractivity contribution >= 4 is 28.6 Å². The van der Waals surface area contributed by atoms with Crippen molar-refractivity contribution in [3.05, 3.63) is 58.3 Å². The fourth-order valence-corrected chi connectivity index (χ4v) is 5.62. The largest absolute Gasteiger partial charge is 0.484 e. The lowest BCUT2D eigenvalue weighted by atomic mass is 9.93. The summed E-state index contributed by atoms with van der Waals surface area (Å²) < 4.78 is 19.5. The predicted octanol–water partition coefficient (Wildman–Crippen LogP) is 3.34. The lowest BCUT2D eigenvalue weighted by molar-refractivity contribution is -0.396. The van der Waals surface area contributed by atoms with Gasteiger partial charge >= 0.3 is 5.95 Å². The third-order valence-electron chi connectivity index (χ3n) is 8.04. The number of fused-ring (bicyclic) bond motifs is 1. The summed E-state index contributed by atoms with van der Waals surface area (Å²) >= 11 is 0. The first kappa shape index (κ1) is 30.4. The van der Waals surface area contributed by atoms with E-state index < -0.39 is 4.92 Å². The standard InChI is InChI=1S/C30H38N10O5/c1-37(2)18-20-14-32-29(33-15-20)35-21-4-6-23(7-5-21)45-28-25-12-24(44-19-22-16-34-30(38(22)3)40(41)42)17-31-26(25)13-27(36-28)39-8-10-43-11-9-39/h12-17,21,23H,4-11,18-19H2,1-3H3,(H,32,33,35). The van der Waals surface area contributed by atoms with Gasteiger partial charge in [-0.15, -0.1) is 0 Å². The molecule has 5 heterocycles. The molecule has 6 rings (SSSR count). The van der Waals surface area contributed by atoms with Crippen LogP contribution in [0, 0.1) is 10.1 Å².